The Morgan fingerprint density at radius 1 is 1.15 bits per heavy atom. The predicted molar refractivity (Wildman–Crippen MR) is 97.9 cm³/mol. The van der Waals surface area contributed by atoms with Crippen LogP contribution in [-0.4, -0.2) is 60.1 Å². The van der Waals surface area contributed by atoms with Gasteiger partial charge in [-0.15, -0.1) is 0 Å². The molecule has 2 heterocycles. The average Bonchev–Trinajstić information content (AvgIpc) is 3.26. The largest absolute Gasteiger partial charge is 0.487 e. The number of carbonyl (C=O) groups excluding carboxylic acids is 2. The Labute approximate surface area is 158 Å². The van der Waals surface area contributed by atoms with Crippen molar-refractivity contribution >= 4 is 11.9 Å². The van der Waals surface area contributed by atoms with Crippen LogP contribution in [0.2, 0.25) is 0 Å². The van der Waals surface area contributed by atoms with Crippen LogP contribution in [0.25, 0.3) is 0 Å². The zero-order valence-corrected chi connectivity index (χ0v) is 15.4. The zero-order chi connectivity index (χ0) is 18.8. The molecule has 27 heavy (non-hydrogen) atoms. The number of likely N-dealkylation sites (tertiary alicyclic amines) is 2. The van der Waals surface area contributed by atoms with Gasteiger partial charge >= 0.3 is 6.03 Å². The quantitative estimate of drug-likeness (QED) is 0.860. The van der Waals surface area contributed by atoms with Gasteiger partial charge < -0.3 is 19.9 Å². The minimum atomic E-state index is -0.297. The summed E-state index contributed by atoms with van der Waals surface area (Å²) in [5, 5.41) is 2.95. The lowest BCUT2D eigenvalue weighted by Crippen LogP contribution is -2.59. The van der Waals surface area contributed by atoms with E-state index in [4.69, 9.17) is 4.74 Å². The van der Waals surface area contributed by atoms with Crippen molar-refractivity contribution in [3.05, 3.63) is 30.1 Å². The van der Waals surface area contributed by atoms with Gasteiger partial charge in [-0.2, -0.15) is 0 Å². The van der Waals surface area contributed by atoms with Crippen LogP contribution >= 0.6 is 0 Å². The summed E-state index contributed by atoms with van der Waals surface area (Å²) in [6.07, 6.45) is 5.14. The lowest BCUT2D eigenvalue weighted by atomic mass is 10.1. The number of benzene rings is 1. The Bertz CT molecular complexity index is 684. The maximum Gasteiger partial charge on any atom is 0.317 e. The van der Waals surface area contributed by atoms with Gasteiger partial charge in [0.1, 0.15) is 17.7 Å². The molecule has 0 bridgehead atoms. The first kappa shape index (κ1) is 18.1. The second-order valence-electron chi connectivity index (χ2n) is 7.84. The van der Waals surface area contributed by atoms with Crippen molar-refractivity contribution in [2.24, 2.45) is 5.92 Å². The molecule has 0 aromatic heterocycles. The van der Waals surface area contributed by atoms with E-state index in [0.717, 1.165) is 19.4 Å². The fraction of sp³-hybridized carbons (Fsp3) is 0.600. The monoisotopic (exact) mass is 375 g/mol. The summed E-state index contributed by atoms with van der Waals surface area (Å²) in [4.78, 5) is 28.2. The van der Waals surface area contributed by atoms with Crippen molar-refractivity contribution in [3.63, 3.8) is 0 Å². The molecule has 1 saturated carbocycles. The van der Waals surface area contributed by atoms with E-state index in [1.54, 1.807) is 17.0 Å². The molecule has 146 valence electrons. The number of rotatable bonds is 5. The van der Waals surface area contributed by atoms with E-state index in [1.165, 1.54) is 25.0 Å². The molecule has 2 aliphatic heterocycles. The first-order valence-electron chi connectivity index (χ1n) is 9.83. The van der Waals surface area contributed by atoms with Crippen LogP contribution in [0.1, 0.15) is 32.1 Å². The standard InChI is InChI=1S/C20H26FN3O3/c21-15-5-7-17(8-6-15)27-18-12-23(13-18)20(26)22-10-14-9-19(25)24(11-14)16-3-1-2-4-16/h5-8,14,16,18H,1-4,9-13H2,(H,22,26)/t14-/m0/s1. The molecule has 1 aliphatic carbocycles. The van der Waals surface area contributed by atoms with Gasteiger partial charge in [0.25, 0.3) is 0 Å². The molecule has 1 aromatic rings. The van der Waals surface area contributed by atoms with Gasteiger partial charge in [-0.1, -0.05) is 12.8 Å². The number of nitrogens with zero attached hydrogens (tertiary/aromatic N) is 2. The SMILES string of the molecule is O=C(NC[C@@H]1CC(=O)N(C2CCCC2)C1)N1CC(Oc2ccc(F)cc2)C1. The molecule has 1 atom stereocenters. The lowest BCUT2D eigenvalue weighted by molar-refractivity contribution is -0.129. The van der Waals surface area contributed by atoms with Crippen molar-refractivity contribution < 1.29 is 18.7 Å². The van der Waals surface area contributed by atoms with Gasteiger partial charge in [0, 0.05) is 31.5 Å². The second kappa shape index (κ2) is 7.74. The summed E-state index contributed by atoms with van der Waals surface area (Å²) in [5.74, 6) is 0.749. The summed E-state index contributed by atoms with van der Waals surface area (Å²) in [7, 11) is 0. The molecular weight excluding hydrogens is 349 g/mol. The van der Waals surface area contributed by atoms with E-state index in [-0.39, 0.29) is 29.8 Å². The highest BCUT2D eigenvalue weighted by atomic mass is 19.1. The molecule has 1 aromatic carbocycles. The third-order valence-corrected chi connectivity index (χ3v) is 5.80. The molecule has 0 spiro atoms. The molecule has 7 heteroatoms. The lowest BCUT2D eigenvalue weighted by Gasteiger charge is -2.39. The Balaban J connectivity index is 1.16. The maximum absolute atomic E-state index is 12.9. The molecule has 3 amide bonds. The van der Waals surface area contributed by atoms with Crippen molar-refractivity contribution in [2.75, 3.05) is 26.2 Å². The molecule has 1 N–H and O–H groups in total. The molecule has 6 nitrogen and oxygen atoms in total. The van der Waals surface area contributed by atoms with Gasteiger partial charge in [0.05, 0.1) is 13.1 Å². The van der Waals surface area contributed by atoms with Crippen LogP contribution in [-0.2, 0) is 4.79 Å². The van der Waals surface area contributed by atoms with Gasteiger partial charge in [0.15, 0.2) is 0 Å². The Morgan fingerprint density at radius 3 is 2.56 bits per heavy atom. The van der Waals surface area contributed by atoms with Crippen LogP contribution in [0, 0.1) is 11.7 Å². The van der Waals surface area contributed by atoms with E-state index in [2.05, 4.69) is 5.32 Å². The zero-order valence-electron chi connectivity index (χ0n) is 15.4. The van der Waals surface area contributed by atoms with E-state index in [0.29, 0.717) is 37.8 Å². The topological polar surface area (TPSA) is 61.9 Å². The smallest absolute Gasteiger partial charge is 0.317 e. The van der Waals surface area contributed by atoms with Crippen molar-refractivity contribution in [2.45, 2.75) is 44.2 Å². The number of hydrogen-bond donors (Lipinski definition) is 1. The van der Waals surface area contributed by atoms with Crippen LogP contribution in [0.15, 0.2) is 24.3 Å². The minimum absolute atomic E-state index is 0.0628. The molecule has 0 radical (unpaired) electrons. The number of ether oxygens (including phenoxy) is 1. The van der Waals surface area contributed by atoms with Crippen LogP contribution < -0.4 is 10.1 Å². The fourth-order valence-corrected chi connectivity index (χ4v) is 4.24. The van der Waals surface area contributed by atoms with E-state index in [9.17, 15) is 14.0 Å². The number of halogens is 1. The highest BCUT2D eigenvalue weighted by Crippen LogP contribution is 2.29. The minimum Gasteiger partial charge on any atom is -0.487 e. The second-order valence-corrected chi connectivity index (χ2v) is 7.84. The van der Waals surface area contributed by atoms with Crippen LogP contribution in [0.5, 0.6) is 5.75 Å². The van der Waals surface area contributed by atoms with E-state index >= 15 is 0 Å². The fourth-order valence-electron chi connectivity index (χ4n) is 4.24. The Morgan fingerprint density at radius 2 is 1.85 bits per heavy atom. The van der Waals surface area contributed by atoms with Crippen molar-refractivity contribution in [1.29, 1.82) is 0 Å². The molecule has 2 saturated heterocycles. The van der Waals surface area contributed by atoms with Crippen molar-refractivity contribution in [3.8, 4) is 5.75 Å². The summed E-state index contributed by atoms with van der Waals surface area (Å²) in [5.41, 5.74) is 0. The Kier molecular flexibility index (Phi) is 5.18. The first-order chi connectivity index (χ1) is 13.1. The number of amides is 3. The molecule has 0 unspecified atom stereocenters. The van der Waals surface area contributed by atoms with E-state index in [1.807, 2.05) is 4.90 Å². The number of nitrogens with one attached hydrogen (secondary N) is 1. The summed E-state index contributed by atoms with van der Waals surface area (Å²) in [6, 6.07) is 6.20. The maximum atomic E-state index is 12.9. The van der Waals surface area contributed by atoms with Gasteiger partial charge in [-0.25, -0.2) is 9.18 Å². The normalized spacial score (nSPS) is 23.6. The molecule has 4 rings (SSSR count). The number of carbonyl (C=O) groups is 2. The number of urea groups is 1. The third-order valence-electron chi connectivity index (χ3n) is 5.80. The number of hydrogen-bond acceptors (Lipinski definition) is 3. The van der Waals surface area contributed by atoms with E-state index < -0.39 is 0 Å². The molecule has 3 aliphatic rings. The predicted octanol–water partition coefficient (Wildman–Crippen LogP) is 2.39. The van der Waals surface area contributed by atoms with Gasteiger partial charge in [0.2, 0.25) is 5.91 Å². The highest BCUT2D eigenvalue weighted by molar-refractivity contribution is 5.79. The van der Waals surface area contributed by atoms with Crippen molar-refractivity contribution in [1.82, 2.24) is 15.1 Å². The Hall–Kier alpha value is -2.31. The highest BCUT2D eigenvalue weighted by Gasteiger charge is 2.36. The summed E-state index contributed by atoms with van der Waals surface area (Å²) < 4.78 is 18.6. The average molecular weight is 375 g/mol. The first-order valence-corrected chi connectivity index (χ1v) is 9.83. The van der Waals surface area contributed by atoms with Gasteiger partial charge in [-0.3, -0.25) is 4.79 Å². The third kappa shape index (κ3) is 4.17. The molecular formula is C20H26FN3O3. The summed E-state index contributed by atoms with van der Waals surface area (Å²) in [6.45, 7) is 2.33. The van der Waals surface area contributed by atoms with Crippen LogP contribution in [0.4, 0.5) is 9.18 Å². The summed E-state index contributed by atoms with van der Waals surface area (Å²) >= 11 is 0. The van der Waals surface area contributed by atoms with Crippen LogP contribution in [0.3, 0.4) is 0 Å². The van der Waals surface area contributed by atoms with Gasteiger partial charge in [-0.05, 0) is 37.1 Å². The molecule has 3 fully saturated rings.